The fourth-order valence-corrected chi connectivity index (χ4v) is 3.77. The Bertz CT molecular complexity index is 397. The van der Waals surface area contributed by atoms with Crippen molar-refractivity contribution in [2.45, 2.75) is 57.8 Å². The summed E-state index contributed by atoms with van der Waals surface area (Å²) in [6.45, 7) is 16.8. The highest BCUT2D eigenvalue weighted by Gasteiger charge is 2.45. The Kier molecular flexibility index (Phi) is 3.69. The summed E-state index contributed by atoms with van der Waals surface area (Å²) in [5, 5.41) is 0.231. The van der Waals surface area contributed by atoms with E-state index in [1.54, 1.807) is 0 Å². The van der Waals surface area contributed by atoms with Crippen molar-refractivity contribution in [3.05, 3.63) is 12.2 Å². The van der Waals surface area contributed by atoms with Gasteiger partial charge >= 0.3 is 0 Å². The second-order valence-electron chi connectivity index (χ2n) is 7.58. The first-order valence-electron chi connectivity index (χ1n) is 7.22. The zero-order chi connectivity index (χ0) is 14.4. The minimum absolute atomic E-state index is 0.231. The van der Waals surface area contributed by atoms with Crippen LogP contribution in [0.3, 0.4) is 0 Å². The van der Waals surface area contributed by atoms with E-state index in [-0.39, 0.29) is 10.9 Å². The van der Waals surface area contributed by atoms with Gasteiger partial charge in [0.15, 0.2) is 8.32 Å². The van der Waals surface area contributed by atoms with Crippen LogP contribution in [0.2, 0.25) is 18.1 Å². The molecule has 0 aromatic rings. The molecule has 3 nitrogen and oxygen atoms in total. The fourth-order valence-electron chi connectivity index (χ4n) is 2.70. The Labute approximate surface area is 118 Å². The van der Waals surface area contributed by atoms with Gasteiger partial charge in [-0.1, -0.05) is 32.9 Å². The molecule has 0 radical (unpaired) electrons. The molecule has 0 aromatic carbocycles. The van der Waals surface area contributed by atoms with Gasteiger partial charge in [-0.05, 0) is 24.6 Å². The minimum atomic E-state index is -1.71. The molecule has 2 unspecified atom stereocenters. The zero-order valence-electron chi connectivity index (χ0n) is 13.0. The van der Waals surface area contributed by atoms with E-state index < -0.39 is 8.32 Å². The molecule has 2 rings (SSSR count). The monoisotopic (exact) mass is 281 g/mol. The van der Waals surface area contributed by atoms with Gasteiger partial charge in [0, 0.05) is 31.5 Å². The Morgan fingerprint density at radius 1 is 1.37 bits per heavy atom. The summed E-state index contributed by atoms with van der Waals surface area (Å²) in [7, 11) is -1.71. The number of rotatable bonds is 3. The number of hydrogen-bond donors (Lipinski definition) is 0. The molecule has 2 aliphatic rings. The Morgan fingerprint density at radius 3 is 2.58 bits per heavy atom. The number of carbonyl (C=O) groups excluding carboxylic acids is 1. The maximum Gasteiger partial charge on any atom is 0.223 e. The molecule has 0 aromatic heterocycles. The lowest BCUT2D eigenvalue weighted by molar-refractivity contribution is -0.127. The van der Waals surface area contributed by atoms with Crippen molar-refractivity contribution in [3.63, 3.8) is 0 Å². The summed E-state index contributed by atoms with van der Waals surface area (Å²) in [5.41, 5.74) is 1.19. The number of nitrogens with zero attached hydrogens (tertiary/aromatic N) is 1. The number of amides is 1. The molecule has 2 fully saturated rings. The van der Waals surface area contributed by atoms with Crippen LogP contribution in [0.1, 0.15) is 33.6 Å². The maximum absolute atomic E-state index is 12.0. The highest BCUT2D eigenvalue weighted by Crippen LogP contribution is 2.40. The van der Waals surface area contributed by atoms with Crippen LogP contribution in [0.25, 0.3) is 0 Å². The number of carbonyl (C=O) groups is 1. The molecule has 2 aliphatic heterocycles. The van der Waals surface area contributed by atoms with Crippen LogP contribution in [0.4, 0.5) is 0 Å². The number of hydrogen-bond acceptors (Lipinski definition) is 2. The average molecular weight is 281 g/mol. The van der Waals surface area contributed by atoms with E-state index in [1.165, 1.54) is 5.57 Å². The maximum atomic E-state index is 12.0. The third-order valence-corrected chi connectivity index (χ3v) is 9.56. The first-order chi connectivity index (χ1) is 8.62. The molecular weight excluding hydrogens is 254 g/mol. The molecule has 0 saturated carbocycles. The van der Waals surface area contributed by atoms with Crippen molar-refractivity contribution in [2.75, 3.05) is 13.2 Å². The molecule has 2 heterocycles. The first kappa shape index (κ1) is 14.8. The quantitative estimate of drug-likeness (QED) is 0.587. The van der Waals surface area contributed by atoms with Crippen molar-refractivity contribution in [1.29, 1.82) is 0 Å². The minimum Gasteiger partial charge on any atom is -0.416 e. The van der Waals surface area contributed by atoms with E-state index in [9.17, 15) is 4.79 Å². The van der Waals surface area contributed by atoms with Crippen LogP contribution in [0.15, 0.2) is 12.2 Å². The molecule has 0 aliphatic carbocycles. The van der Waals surface area contributed by atoms with Gasteiger partial charge in [0.1, 0.15) is 0 Å². The van der Waals surface area contributed by atoms with Gasteiger partial charge in [-0.15, -0.1) is 0 Å². The molecule has 19 heavy (non-hydrogen) atoms. The highest BCUT2D eigenvalue weighted by atomic mass is 28.4. The fraction of sp³-hybridized carbons (Fsp3) is 0.800. The third kappa shape index (κ3) is 2.79. The molecule has 2 saturated heterocycles. The Morgan fingerprint density at radius 2 is 2.00 bits per heavy atom. The lowest BCUT2D eigenvalue weighted by atomic mass is 9.98. The molecule has 0 N–H and O–H groups in total. The third-order valence-electron chi connectivity index (χ3n) is 5.06. The lowest BCUT2D eigenvalue weighted by Crippen LogP contribution is -2.42. The summed E-state index contributed by atoms with van der Waals surface area (Å²) in [6.07, 6.45) is 1.63. The van der Waals surface area contributed by atoms with Gasteiger partial charge in [-0.2, -0.15) is 0 Å². The van der Waals surface area contributed by atoms with E-state index in [0.29, 0.717) is 18.4 Å². The van der Waals surface area contributed by atoms with Gasteiger partial charge in [0.2, 0.25) is 5.91 Å². The summed E-state index contributed by atoms with van der Waals surface area (Å²) >= 11 is 0. The Hall–Kier alpha value is -0.613. The van der Waals surface area contributed by atoms with E-state index >= 15 is 0 Å². The average Bonchev–Trinajstić information content (AvgIpc) is 2.75. The molecule has 0 spiro atoms. The van der Waals surface area contributed by atoms with E-state index in [0.717, 1.165) is 19.6 Å². The largest absolute Gasteiger partial charge is 0.416 e. The molecule has 2 atom stereocenters. The predicted octanol–water partition coefficient (Wildman–Crippen LogP) is 3.19. The van der Waals surface area contributed by atoms with Crippen LogP contribution in [-0.4, -0.2) is 38.3 Å². The first-order valence-corrected chi connectivity index (χ1v) is 10.1. The highest BCUT2D eigenvalue weighted by molar-refractivity contribution is 6.74. The van der Waals surface area contributed by atoms with Gasteiger partial charge < -0.3 is 9.33 Å². The molecule has 1 amide bonds. The molecule has 108 valence electrons. The van der Waals surface area contributed by atoms with Crippen LogP contribution in [-0.2, 0) is 9.22 Å². The van der Waals surface area contributed by atoms with E-state index in [4.69, 9.17) is 4.43 Å². The summed E-state index contributed by atoms with van der Waals surface area (Å²) in [4.78, 5) is 14.0. The Balaban J connectivity index is 1.98. The molecular formula is C15H27NO2Si. The van der Waals surface area contributed by atoms with Gasteiger partial charge in [0.25, 0.3) is 0 Å². The second-order valence-corrected chi connectivity index (χ2v) is 12.4. The van der Waals surface area contributed by atoms with Gasteiger partial charge in [0.05, 0.1) is 0 Å². The topological polar surface area (TPSA) is 29.5 Å². The van der Waals surface area contributed by atoms with Crippen LogP contribution in [0, 0.1) is 5.92 Å². The second kappa shape index (κ2) is 4.74. The van der Waals surface area contributed by atoms with Crippen molar-refractivity contribution >= 4 is 14.2 Å². The van der Waals surface area contributed by atoms with Crippen LogP contribution >= 0.6 is 0 Å². The molecule has 4 heteroatoms. The van der Waals surface area contributed by atoms with Crippen LogP contribution < -0.4 is 0 Å². The summed E-state index contributed by atoms with van der Waals surface area (Å²) in [6, 6.07) is 0.352. The summed E-state index contributed by atoms with van der Waals surface area (Å²) in [5.74, 6) is 0.647. The van der Waals surface area contributed by atoms with E-state index in [2.05, 4.69) is 40.4 Å². The SMILES string of the molecule is C=C1CC2C(CO[Si](C)(C)C(C)(C)C)CC(=O)N2C1. The predicted molar refractivity (Wildman–Crippen MR) is 80.5 cm³/mol. The number of fused-ring (bicyclic) bond motifs is 1. The van der Waals surface area contributed by atoms with Crippen molar-refractivity contribution in [3.8, 4) is 0 Å². The zero-order valence-corrected chi connectivity index (χ0v) is 14.0. The standard InChI is InChI=1S/C15H27NO2Si/c1-11-7-13-12(8-14(17)16(13)9-11)10-18-19(5,6)15(2,3)4/h12-13H,1,7-10H2,2-6H3. The van der Waals surface area contributed by atoms with Gasteiger partial charge in [-0.3, -0.25) is 4.79 Å². The van der Waals surface area contributed by atoms with E-state index in [1.807, 2.05) is 4.90 Å². The van der Waals surface area contributed by atoms with Crippen LogP contribution in [0.5, 0.6) is 0 Å². The molecule has 0 bridgehead atoms. The van der Waals surface area contributed by atoms with Crippen molar-refractivity contribution in [1.82, 2.24) is 4.90 Å². The lowest BCUT2D eigenvalue weighted by Gasteiger charge is -2.37. The normalized spacial score (nSPS) is 28.2. The summed E-state index contributed by atoms with van der Waals surface area (Å²) < 4.78 is 6.30. The van der Waals surface area contributed by atoms with Crippen molar-refractivity contribution < 1.29 is 9.22 Å². The smallest absolute Gasteiger partial charge is 0.223 e. The van der Waals surface area contributed by atoms with Gasteiger partial charge in [-0.25, -0.2) is 0 Å². The van der Waals surface area contributed by atoms with Crippen molar-refractivity contribution in [2.24, 2.45) is 5.92 Å².